The van der Waals surface area contributed by atoms with Crippen LogP contribution in [0.25, 0.3) is 11.8 Å². The standard InChI is InChI=1S/C24H21N3O7S/c1-4-34-23(30)20-13(2)26-22(29)19(11-14-6-5-7-16(10-14)27(31)32)35-24(26)25-21(20)15-8-9-17(28)18(12-15)33-3/h5-12,21,28H,4H2,1-3H3/b19-11-/t21-/m1/s1. The molecule has 2 heterocycles. The Bertz CT molecular complexity index is 1550. The summed E-state index contributed by atoms with van der Waals surface area (Å²) < 4.78 is 12.1. The van der Waals surface area contributed by atoms with Crippen LogP contribution in [0, 0.1) is 10.1 Å². The molecule has 11 heteroatoms. The minimum absolute atomic E-state index is 0.0627. The first-order valence-electron chi connectivity index (χ1n) is 10.6. The number of nitrogens with zero attached hydrogens (tertiary/aromatic N) is 3. The Morgan fingerprint density at radius 1 is 1.31 bits per heavy atom. The second-order valence-corrected chi connectivity index (χ2v) is 8.58. The number of aromatic hydroxyl groups is 1. The molecule has 1 aliphatic heterocycles. The molecule has 180 valence electrons. The molecule has 2 aromatic carbocycles. The fourth-order valence-electron chi connectivity index (χ4n) is 3.80. The number of allylic oxidation sites excluding steroid dienone is 1. The Hall–Kier alpha value is -4.25. The molecule has 10 nitrogen and oxygen atoms in total. The molecule has 0 spiro atoms. The number of hydrogen-bond acceptors (Lipinski definition) is 9. The minimum atomic E-state index is -0.799. The van der Waals surface area contributed by atoms with Gasteiger partial charge in [-0.1, -0.05) is 29.5 Å². The van der Waals surface area contributed by atoms with Gasteiger partial charge in [-0.15, -0.1) is 0 Å². The number of nitro groups is 1. The van der Waals surface area contributed by atoms with Crippen molar-refractivity contribution in [2.24, 2.45) is 4.99 Å². The number of esters is 1. The van der Waals surface area contributed by atoms with Gasteiger partial charge in [-0.3, -0.25) is 19.5 Å². The highest BCUT2D eigenvalue weighted by Gasteiger charge is 2.32. The maximum Gasteiger partial charge on any atom is 0.338 e. The van der Waals surface area contributed by atoms with Crippen LogP contribution < -0.4 is 19.6 Å². The lowest BCUT2D eigenvalue weighted by Gasteiger charge is -2.22. The number of phenolic OH excluding ortho intramolecular Hbond substituents is 1. The van der Waals surface area contributed by atoms with Gasteiger partial charge in [-0.25, -0.2) is 9.79 Å². The molecule has 0 radical (unpaired) electrons. The van der Waals surface area contributed by atoms with Crippen molar-refractivity contribution in [2.45, 2.75) is 19.9 Å². The lowest BCUT2D eigenvalue weighted by Crippen LogP contribution is -2.35. The molecule has 0 unspecified atom stereocenters. The average molecular weight is 496 g/mol. The zero-order valence-electron chi connectivity index (χ0n) is 19.0. The molecule has 35 heavy (non-hydrogen) atoms. The molecule has 0 fully saturated rings. The van der Waals surface area contributed by atoms with Gasteiger partial charge in [0, 0.05) is 17.8 Å². The van der Waals surface area contributed by atoms with Gasteiger partial charge >= 0.3 is 5.97 Å². The molecule has 1 N–H and O–H groups in total. The average Bonchev–Trinajstić information content (AvgIpc) is 3.14. The third kappa shape index (κ3) is 4.45. The second kappa shape index (κ2) is 9.55. The van der Waals surface area contributed by atoms with Gasteiger partial charge in [-0.2, -0.15) is 0 Å². The summed E-state index contributed by atoms with van der Waals surface area (Å²) in [4.78, 5) is 41.8. The molecule has 1 aromatic heterocycles. The predicted octanol–water partition coefficient (Wildman–Crippen LogP) is 2.53. The number of nitro benzene ring substituents is 1. The molecule has 3 aromatic rings. The van der Waals surface area contributed by atoms with Crippen LogP contribution in [-0.4, -0.2) is 34.3 Å². The van der Waals surface area contributed by atoms with Crippen molar-refractivity contribution in [3.63, 3.8) is 0 Å². The van der Waals surface area contributed by atoms with E-state index >= 15 is 0 Å². The summed E-state index contributed by atoms with van der Waals surface area (Å²) in [6.45, 7) is 3.46. The van der Waals surface area contributed by atoms with Crippen molar-refractivity contribution in [3.8, 4) is 11.5 Å². The van der Waals surface area contributed by atoms with Crippen molar-refractivity contribution < 1.29 is 24.3 Å². The molecule has 4 rings (SSSR count). The van der Waals surface area contributed by atoms with E-state index in [9.17, 15) is 24.8 Å². The number of methoxy groups -OCH3 is 1. The van der Waals surface area contributed by atoms with E-state index in [-0.39, 0.29) is 29.4 Å². The van der Waals surface area contributed by atoms with E-state index in [0.29, 0.717) is 26.2 Å². The molecule has 0 saturated carbocycles. The minimum Gasteiger partial charge on any atom is -0.504 e. The molecular formula is C24H21N3O7S. The number of benzene rings is 2. The first kappa shape index (κ1) is 23.9. The van der Waals surface area contributed by atoms with Crippen LogP contribution >= 0.6 is 11.3 Å². The molecule has 0 amide bonds. The van der Waals surface area contributed by atoms with Gasteiger partial charge in [0.15, 0.2) is 16.3 Å². The van der Waals surface area contributed by atoms with Gasteiger partial charge < -0.3 is 14.6 Å². The molecular weight excluding hydrogens is 474 g/mol. The summed E-state index contributed by atoms with van der Waals surface area (Å²) in [6.07, 6.45) is 1.55. The SMILES string of the molecule is CCOC(=O)C1=C(C)n2c(s/c(=C\c3cccc([N+](=O)[O-])c3)c2=O)=N[C@@H]1c1ccc(O)c(OC)c1. The second-order valence-electron chi connectivity index (χ2n) is 7.57. The van der Waals surface area contributed by atoms with E-state index in [1.165, 1.54) is 35.9 Å². The summed E-state index contributed by atoms with van der Waals surface area (Å²) in [5.41, 5.74) is 1.12. The summed E-state index contributed by atoms with van der Waals surface area (Å²) in [5, 5.41) is 21.1. The molecule has 0 aliphatic carbocycles. The molecule has 0 bridgehead atoms. The summed E-state index contributed by atoms with van der Waals surface area (Å²) in [7, 11) is 1.41. The van der Waals surface area contributed by atoms with E-state index in [4.69, 9.17) is 9.47 Å². The number of hydrogen-bond donors (Lipinski definition) is 1. The number of non-ortho nitro benzene ring substituents is 1. The van der Waals surface area contributed by atoms with Gasteiger partial charge in [0.1, 0.15) is 6.04 Å². The smallest absolute Gasteiger partial charge is 0.338 e. The van der Waals surface area contributed by atoms with E-state index < -0.39 is 22.5 Å². The number of carbonyl (C=O) groups excluding carboxylic acids is 1. The Kier molecular flexibility index (Phi) is 6.52. The first-order valence-corrected chi connectivity index (χ1v) is 11.4. The Balaban J connectivity index is 1.94. The first-order chi connectivity index (χ1) is 16.7. The van der Waals surface area contributed by atoms with Crippen LogP contribution in [0.3, 0.4) is 0 Å². The van der Waals surface area contributed by atoms with Crippen molar-refractivity contribution >= 4 is 34.8 Å². The van der Waals surface area contributed by atoms with Crippen LogP contribution in [0.5, 0.6) is 11.5 Å². The van der Waals surface area contributed by atoms with Crippen molar-refractivity contribution in [2.75, 3.05) is 13.7 Å². The number of aromatic nitrogens is 1. The van der Waals surface area contributed by atoms with Gasteiger partial charge in [0.2, 0.25) is 0 Å². The summed E-state index contributed by atoms with van der Waals surface area (Å²) in [5.74, 6) is -0.460. The number of phenols is 1. The molecule has 1 aliphatic rings. The van der Waals surface area contributed by atoms with Crippen LogP contribution in [0.15, 0.2) is 57.8 Å². The van der Waals surface area contributed by atoms with Crippen molar-refractivity contribution in [1.82, 2.24) is 4.57 Å². The maximum absolute atomic E-state index is 13.3. The predicted molar refractivity (Wildman–Crippen MR) is 129 cm³/mol. The van der Waals surface area contributed by atoms with Crippen LogP contribution in [0.2, 0.25) is 0 Å². The largest absolute Gasteiger partial charge is 0.504 e. The number of thiazole rings is 1. The third-order valence-corrected chi connectivity index (χ3v) is 6.42. The van der Waals surface area contributed by atoms with E-state index in [0.717, 1.165) is 11.3 Å². The highest BCUT2D eigenvalue weighted by molar-refractivity contribution is 7.07. The lowest BCUT2D eigenvalue weighted by molar-refractivity contribution is -0.384. The van der Waals surface area contributed by atoms with Gasteiger partial charge in [-0.05, 0) is 43.2 Å². The molecule has 0 saturated heterocycles. The van der Waals surface area contributed by atoms with Gasteiger partial charge in [0.25, 0.3) is 11.2 Å². The van der Waals surface area contributed by atoms with E-state index in [1.54, 1.807) is 38.1 Å². The maximum atomic E-state index is 13.3. The monoisotopic (exact) mass is 495 g/mol. The zero-order valence-corrected chi connectivity index (χ0v) is 19.9. The lowest BCUT2D eigenvalue weighted by atomic mass is 9.96. The topological polar surface area (TPSA) is 133 Å². The Morgan fingerprint density at radius 3 is 2.77 bits per heavy atom. The Morgan fingerprint density at radius 2 is 2.09 bits per heavy atom. The van der Waals surface area contributed by atoms with Crippen LogP contribution in [0.4, 0.5) is 5.69 Å². The molecule has 1 atom stereocenters. The highest BCUT2D eigenvalue weighted by Crippen LogP contribution is 2.36. The number of ether oxygens (including phenoxy) is 2. The summed E-state index contributed by atoms with van der Waals surface area (Å²) in [6, 6.07) is 9.78. The number of rotatable bonds is 6. The highest BCUT2D eigenvalue weighted by atomic mass is 32.1. The van der Waals surface area contributed by atoms with E-state index in [2.05, 4.69) is 4.99 Å². The number of carbonyl (C=O) groups is 1. The van der Waals surface area contributed by atoms with Gasteiger partial charge in [0.05, 0.1) is 28.7 Å². The van der Waals surface area contributed by atoms with Crippen LogP contribution in [-0.2, 0) is 9.53 Å². The van der Waals surface area contributed by atoms with E-state index in [1.807, 2.05) is 0 Å². The number of fused-ring (bicyclic) bond motifs is 1. The van der Waals surface area contributed by atoms with Crippen molar-refractivity contribution in [3.05, 3.63) is 89.0 Å². The fourth-order valence-corrected chi connectivity index (χ4v) is 4.84. The summed E-state index contributed by atoms with van der Waals surface area (Å²) >= 11 is 1.10. The fraction of sp³-hybridized carbons (Fsp3) is 0.208. The van der Waals surface area contributed by atoms with Crippen molar-refractivity contribution in [1.29, 1.82) is 0 Å². The third-order valence-electron chi connectivity index (χ3n) is 5.44. The zero-order chi connectivity index (χ0) is 25.3. The normalized spacial score (nSPS) is 15.4. The van der Waals surface area contributed by atoms with Crippen LogP contribution in [0.1, 0.15) is 31.0 Å². The quantitative estimate of drug-likeness (QED) is 0.316. The Labute approximate surface area is 202 Å².